The van der Waals surface area contributed by atoms with Crippen LogP contribution in [0.2, 0.25) is 0 Å². The average Bonchev–Trinajstić information content (AvgIpc) is 3.05. The molecule has 3 rings (SSSR count). The van der Waals surface area contributed by atoms with E-state index in [9.17, 15) is 20.1 Å². The topological polar surface area (TPSA) is 96.2 Å². The molecule has 0 spiro atoms. The van der Waals surface area contributed by atoms with Crippen molar-refractivity contribution in [2.45, 2.75) is 85.1 Å². The second kappa shape index (κ2) is 12.7. The first-order valence-corrected chi connectivity index (χ1v) is 12.9. The molecule has 6 heteroatoms. The molecule has 1 aliphatic heterocycles. The number of ketones is 1. The summed E-state index contributed by atoms with van der Waals surface area (Å²) >= 11 is 0. The highest BCUT2D eigenvalue weighted by molar-refractivity contribution is 5.92. The number of carbonyl (C=O) groups excluding carboxylic acids is 1. The van der Waals surface area contributed by atoms with Gasteiger partial charge in [0, 0.05) is 6.42 Å². The van der Waals surface area contributed by atoms with Crippen LogP contribution in [0.25, 0.3) is 0 Å². The summed E-state index contributed by atoms with van der Waals surface area (Å²) in [4.78, 5) is 12.5. The Balaban J connectivity index is 1.51. The standard InChI is InChI=1S/C31H40O6/c1-20(11-16-26-22(3)10-7-17-31(26,4)5)8-6-9-21(2)18-24(32)19-23-12-14-25(15-13-23)36-30-28(34)27(33)29(35)37-30/h6,8-9,11-16,18,27-30,33-35H,7,10,17,19H2,1-5H3/b9-6+,16-11+,20-8+,21-18+. The quantitative estimate of drug-likeness (QED) is 0.317. The summed E-state index contributed by atoms with van der Waals surface area (Å²) in [7, 11) is 0. The lowest BCUT2D eigenvalue weighted by atomic mass is 9.72. The molecule has 1 aromatic carbocycles. The lowest BCUT2D eigenvalue weighted by molar-refractivity contribution is -0.171. The fraction of sp³-hybridized carbons (Fsp3) is 0.452. The van der Waals surface area contributed by atoms with Crippen molar-refractivity contribution in [2.75, 3.05) is 0 Å². The maximum Gasteiger partial charge on any atom is 0.231 e. The van der Waals surface area contributed by atoms with Gasteiger partial charge >= 0.3 is 0 Å². The highest BCUT2D eigenvalue weighted by Crippen LogP contribution is 2.40. The van der Waals surface area contributed by atoms with Gasteiger partial charge in [0.05, 0.1) is 0 Å². The van der Waals surface area contributed by atoms with E-state index >= 15 is 0 Å². The summed E-state index contributed by atoms with van der Waals surface area (Å²) in [6.07, 6.45) is 10.5. The Hall–Kier alpha value is -2.77. The normalized spacial score (nSPS) is 26.9. The SMILES string of the molecule is CC1=C(/C=C/C(C)=C/C=C/C(C)=C/C(=O)Cc2ccc(OC3OC(O)C(O)C3O)cc2)C(C)(C)CCC1. The molecule has 0 bridgehead atoms. The Bertz CT molecular complexity index is 1100. The predicted molar refractivity (Wildman–Crippen MR) is 145 cm³/mol. The number of ether oxygens (including phenoxy) is 2. The third kappa shape index (κ3) is 8.11. The summed E-state index contributed by atoms with van der Waals surface area (Å²) < 4.78 is 10.5. The minimum Gasteiger partial charge on any atom is -0.462 e. The van der Waals surface area contributed by atoms with Gasteiger partial charge in [-0.05, 0) is 80.4 Å². The number of aliphatic hydroxyl groups is 3. The third-order valence-corrected chi connectivity index (χ3v) is 6.91. The van der Waals surface area contributed by atoms with Gasteiger partial charge in [-0.15, -0.1) is 0 Å². The van der Waals surface area contributed by atoms with Crippen LogP contribution in [0.1, 0.15) is 59.4 Å². The summed E-state index contributed by atoms with van der Waals surface area (Å²) in [6, 6.07) is 6.81. The Labute approximate surface area is 220 Å². The Kier molecular flexibility index (Phi) is 9.85. The zero-order valence-corrected chi connectivity index (χ0v) is 22.5. The second-order valence-electron chi connectivity index (χ2n) is 10.7. The number of benzene rings is 1. The highest BCUT2D eigenvalue weighted by atomic mass is 16.8. The molecule has 6 nitrogen and oxygen atoms in total. The number of aliphatic hydroxyl groups excluding tert-OH is 3. The molecule has 0 amide bonds. The molecule has 3 N–H and O–H groups in total. The van der Waals surface area contributed by atoms with Crippen LogP contribution >= 0.6 is 0 Å². The minimum atomic E-state index is -1.49. The molecule has 37 heavy (non-hydrogen) atoms. The summed E-state index contributed by atoms with van der Waals surface area (Å²) in [6.45, 7) is 10.8. The van der Waals surface area contributed by atoms with Gasteiger partial charge in [-0.1, -0.05) is 67.5 Å². The van der Waals surface area contributed by atoms with Gasteiger partial charge in [-0.3, -0.25) is 4.79 Å². The minimum absolute atomic E-state index is 0.0147. The number of hydrogen-bond donors (Lipinski definition) is 3. The fourth-order valence-corrected chi connectivity index (χ4v) is 4.73. The molecule has 1 heterocycles. The maximum atomic E-state index is 12.5. The molecule has 1 aliphatic carbocycles. The van der Waals surface area contributed by atoms with Crippen molar-refractivity contribution in [3.8, 4) is 5.75 Å². The van der Waals surface area contributed by atoms with E-state index in [2.05, 4.69) is 39.8 Å². The third-order valence-electron chi connectivity index (χ3n) is 6.91. The van der Waals surface area contributed by atoms with Crippen molar-refractivity contribution >= 4 is 5.78 Å². The number of rotatable bonds is 9. The van der Waals surface area contributed by atoms with E-state index in [1.54, 1.807) is 30.3 Å². The largest absolute Gasteiger partial charge is 0.462 e. The van der Waals surface area contributed by atoms with Gasteiger partial charge in [-0.25, -0.2) is 0 Å². The molecule has 2 aliphatic rings. The zero-order chi connectivity index (χ0) is 27.2. The first kappa shape index (κ1) is 28.8. The first-order valence-electron chi connectivity index (χ1n) is 12.9. The molecule has 200 valence electrons. The van der Waals surface area contributed by atoms with Crippen LogP contribution in [0, 0.1) is 5.41 Å². The van der Waals surface area contributed by atoms with Crippen LogP contribution in [0.15, 0.2) is 83.0 Å². The Morgan fingerprint density at radius 2 is 1.78 bits per heavy atom. The van der Waals surface area contributed by atoms with E-state index in [0.29, 0.717) is 5.75 Å². The van der Waals surface area contributed by atoms with Crippen molar-refractivity contribution in [2.24, 2.45) is 5.41 Å². The Morgan fingerprint density at radius 3 is 2.41 bits per heavy atom. The van der Waals surface area contributed by atoms with Gasteiger partial charge in [0.15, 0.2) is 12.1 Å². The summed E-state index contributed by atoms with van der Waals surface area (Å²) in [5.41, 5.74) is 5.99. The monoisotopic (exact) mass is 508 g/mol. The van der Waals surface area contributed by atoms with Crippen LogP contribution in [-0.4, -0.2) is 45.9 Å². The molecule has 1 fully saturated rings. The smallest absolute Gasteiger partial charge is 0.231 e. The second-order valence-corrected chi connectivity index (χ2v) is 10.7. The van der Waals surface area contributed by atoms with Crippen molar-refractivity contribution in [3.05, 3.63) is 88.6 Å². The van der Waals surface area contributed by atoms with Gasteiger partial charge in [0.1, 0.15) is 18.0 Å². The van der Waals surface area contributed by atoms with Crippen LogP contribution < -0.4 is 4.74 Å². The molecular weight excluding hydrogens is 468 g/mol. The van der Waals surface area contributed by atoms with Crippen molar-refractivity contribution < 1.29 is 29.6 Å². The van der Waals surface area contributed by atoms with Crippen molar-refractivity contribution in [1.29, 1.82) is 0 Å². The zero-order valence-electron chi connectivity index (χ0n) is 22.5. The highest BCUT2D eigenvalue weighted by Gasteiger charge is 2.43. The molecule has 4 atom stereocenters. The van der Waals surface area contributed by atoms with Gasteiger partial charge in [0.2, 0.25) is 6.29 Å². The van der Waals surface area contributed by atoms with Crippen molar-refractivity contribution in [3.63, 3.8) is 0 Å². The van der Waals surface area contributed by atoms with Crippen LogP contribution in [0.4, 0.5) is 0 Å². The fourth-order valence-electron chi connectivity index (χ4n) is 4.73. The van der Waals surface area contributed by atoms with E-state index < -0.39 is 24.8 Å². The maximum absolute atomic E-state index is 12.5. The van der Waals surface area contributed by atoms with E-state index in [4.69, 9.17) is 9.47 Å². The molecule has 1 aromatic rings. The Morgan fingerprint density at radius 1 is 1.08 bits per heavy atom. The summed E-state index contributed by atoms with van der Waals surface area (Å²) in [5.74, 6) is 0.380. The van der Waals surface area contributed by atoms with Gasteiger partial charge in [0.25, 0.3) is 0 Å². The van der Waals surface area contributed by atoms with Gasteiger partial charge in [-0.2, -0.15) is 0 Å². The van der Waals surface area contributed by atoms with Crippen LogP contribution in [0.3, 0.4) is 0 Å². The van der Waals surface area contributed by atoms with Crippen molar-refractivity contribution in [1.82, 2.24) is 0 Å². The molecule has 0 radical (unpaired) electrons. The van der Waals surface area contributed by atoms with Gasteiger partial charge < -0.3 is 24.8 Å². The molecule has 0 saturated carbocycles. The summed E-state index contributed by atoms with van der Waals surface area (Å²) in [5, 5.41) is 28.8. The van der Waals surface area contributed by atoms with E-state index in [-0.39, 0.29) is 17.6 Å². The van der Waals surface area contributed by atoms with E-state index in [1.165, 1.54) is 30.4 Å². The average molecular weight is 509 g/mol. The van der Waals surface area contributed by atoms with Crippen LogP contribution in [-0.2, 0) is 16.0 Å². The number of allylic oxidation sites excluding steroid dienone is 10. The molecule has 0 aromatic heterocycles. The molecule has 4 unspecified atom stereocenters. The van der Waals surface area contributed by atoms with E-state index in [1.807, 2.05) is 25.2 Å². The number of carbonyl (C=O) groups is 1. The van der Waals surface area contributed by atoms with Crippen LogP contribution in [0.5, 0.6) is 5.75 Å². The first-order chi connectivity index (χ1) is 17.5. The molecular formula is C31H40O6. The van der Waals surface area contributed by atoms with E-state index in [0.717, 1.165) is 16.7 Å². The lowest BCUT2D eigenvalue weighted by Gasteiger charge is -2.32. The predicted octanol–water partition coefficient (Wildman–Crippen LogP) is 5.11. The number of hydrogen-bond acceptors (Lipinski definition) is 6. The molecule has 1 saturated heterocycles. The lowest BCUT2D eigenvalue weighted by Crippen LogP contribution is -2.34.